The van der Waals surface area contributed by atoms with E-state index in [1.165, 1.54) is 5.69 Å². The highest BCUT2D eigenvalue weighted by Gasteiger charge is 2.21. The highest BCUT2D eigenvalue weighted by Crippen LogP contribution is 2.24. The Morgan fingerprint density at radius 1 is 1.42 bits per heavy atom. The van der Waals surface area contributed by atoms with Crippen LogP contribution in [0.3, 0.4) is 0 Å². The molecule has 0 saturated carbocycles. The van der Waals surface area contributed by atoms with Crippen molar-refractivity contribution in [2.75, 3.05) is 31.6 Å². The Labute approximate surface area is 154 Å². The maximum absolute atomic E-state index is 5.35. The van der Waals surface area contributed by atoms with Gasteiger partial charge in [0.25, 0.3) is 0 Å². The maximum Gasteiger partial charge on any atom is 0.191 e. The van der Waals surface area contributed by atoms with Crippen LogP contribution in [0.25, 0.3) is 0 Å². The summed E-state index contributed by atoms with van der Waals surface area (Å²) in [4.78, 5) is 7.00. The second-order valence-electron chi connectivity index (χ2n) is 6.32. The van der Waals surface area contributed by atoms with Crippen molar-refractivity contribution in [3.05, 3.63) is 42.3 Å². The summed E-state index contributed by atoms with van der Waals surface area (Å²) in [5, 5.41) is 10.8. The van der Waals surface area contributed by atoms with E-state index in [0.29, 0.717) is 12.6 Å². The van der Waals surface area contributed by atoms with Gasteiger partial charge >= 0.3 is 0 Å². The smallest absolute Gasteiger partial charge is 0.191 e. The normalized spacial score (nSPS) is 17.8. The lowest BCUT2D eigenvalue weighted by Gasteiger charge is -2.35. The van der Waals surface area contributed by atoms with Crippen LogP contribution in [0, 0.1) is 0 Å². The molecule has 7 heteroatoms. The molecule has 0 aliphatic carbocycles. The van der Waals surface area contributed by atoms with E-state index in [2.05, 4.69) is 44.7 Å². The average molecular weight is 357 g/mol. The number of piperidine rings is 1. The van der Waals surface area contributed by atoms with Gasteiger partial charge in [-0.25, -0.2) is 4.99 Å². The van der Waals surface area contributed by atoms with Gasteiger partial charge in [0.05, 0.1) is 13.7 Å². The SMILES string of the molecule is CCNC(=NCc1ccon1)NC1CCCN(c2cccc(OC)c2)C1. The van der Waals surface area contributed by atoms with Crippen molar-refractivity contribution < 1.29 is 9.26 Å². The molecule has 1 atom stereocenters. The van der Waals surface area contributed by atoms with Crippen LogP contribution in [-0.2, 0) is 6.54 Å². The molecule has 26 heavy (non-hydrogen) atoms. The quantitative estimate of drug-likeness (QED) is 0.611. The van der Waals surface area contributed by atoms with Gasteiger partial charge in [0.1, 0.15) is 17.7 Å². The summed E-state index contributed by atoms with van der Waals surface area (Å²) in [6, 6.07) is 10.4. The van der Waals surface area contributed by atoms with Crippen molar-refractivity contribution >= 4 is 11.6 Å². The standard InChI is InChI=1S/C19H27N5O2/c1-3-20-19(21-13-15-9-11-26-23-15)22-16-6-5-10-24(14-16)17-7-4-8-18(12-17)25-2/h4,7-9,11-12,16H,3,5-6,10,13-14H2,1-2H3,(H2,20,21,22). The lowest BCUT2D eigenvalue weighted by atomic mass is 10.0. The van der Waals surface area contributed by atoms with Crippen LogP contribution in [0.2, 0.25) is 0 Å². The molecular weight excluding hydrogens is 330 g/mol. The number of aliphatic imine (C=N–C) groups is 1. The second-order valence-corrected chi connectivity index (χ2v) is 6.32. The number of nitrogens with zero attached hydrogens (tertiary/aromatic N) is 3. The molecule has 3 rings (SSSR count). The van der Waals surface area contributed by atoms with E-state index in [4.69, 9.17) is 9.26 Å². The monoisotopic (exact) mass is 357 g/mol. The summed E-state index contributed by atoms with van der Waals surface area (Å²) in [6.45, 7) is 5.37. The molecule has 0 bridgehead atoms. The molecule has 7 nitrogen and oxygen atoms in total. The first-order chi connectivity index (χ1) is 12.8. The molecule has 2 aromatic rings. The molecule has 1 saturated heterocycles. The van der Waals surface area contributed by atoms with Crippen LogP contribution in [0.4, 0.5) is 5.69 Å². The summed E-state index contributed by atoms with van der Waals surface area (Å²) in [7, 11) is 1.70. The summed E-state index contributed by atoms with van der Waals surface area (Å²) in [5.74, 6) is 1.70. The maximum atomic E-state index is 5.35. The fourth-order valence-electron chi connectivity index (χ4n) is 3.13. The summed E-state index contributed by atoms with van der Waals surface area (Å²) in [6.07, 6.45) is 3.82. The first-order valence-electron chi connectivity index (χ1n) is 9.11. The van der Waals surface area contributed by atoms with Crippen LogP contribution in [0.5, 0.6) is 5.75 Å². The minimum Gasteiger partial charge on any atom is -0.497 e. The number of hydrogen-bond donors (Lipinski definition) is 2. The number of aromatic nitrogens is 1. The molecule has 2 N–H and O–H groups in total. The lowest BCUT2D eigenvalue weighted by molar-refractivity contribution is 0.412. The summed E-state index contributed by atoms with van der Waals surface area (Å²) < 4.78 is 10.2. The first kappa shape index (κ1) is 18.1. The number of nitrogens with one attached hydrogen (secondary N) is 2. The van der Waals surface area contributed by atoms with Gasteiger partial charge in [-0.05, 0) is 31.9 Å². The van der Waals surface area contributed by atoms with E-state index in [-0.39, 0.29) is 0 Å². The highest BCUT2D eigenvalue weighted by atomic mass is 16.5. The third-order valence-corrected chi connectivity index (χ3v) is 4.42. The second kappa shape index (κ2) is 9.12. The number of guanidine groups is 1. The predicted molar refractivity (Wildman–Crippen MR) is 103 cm³/mol. The van der Waals surface area contributed by atoms with Crippen molar-refractivity contribution in [3.63, 3.8) is 0 Å². The van der Waals surface area contributed by atoms with Crippen LogP contribution >= 0.6 is 0 Å². The zero-order valence-corrected chi connectivity index (χ0v) is 15.4. The molecule has 2 heterocycles. The fourth-order valence-corrected chi connectivity index (χ4v) is 3.13. The molecule has 1 aromatic carbocycles. The number of rotatable bonds is 6. The molecule has 1 unspecified atom stereocenters. The Hall–Kier alpha value is -2.70. The van der Waals surface area contributed by atoms with Gasteiger partial charge in [0, 0.05) is 43.5 Å². The van der Waals surface area contributed by atoms with Gasteiger partial charge < -0.3 is 24.8 Å². The number of benzene rings is 1. The zero-order valence-electron chi connectivity index (χ0n) is 15.4. The van der Waals surface area contributed by atoms with Crippen LogP contribution in [0.15, 0.2) is 46.1 Å². The molecule has 0 radical (unpaired) electrons. The predicted octanol–water partition coefficient (Wildman–Crippen LogP) is 2.41. The Morgan fingerprint density at radius 2 is 2.35 bits per heavy atom. The molecule has 0 spiro atoms. The molecule has 1 fully saturated rings. The number of anilines is 1. The highest BCUT2D eigenvalue weighted by molar-refractivity contribution is 5.80. The third-order valence-electron chi connectivity index (χ3n) is 4.42. The molecule has 140 valence electrons. The van der Waals surface area contributed by atoms with Crippen molar-refractivity contribution in [3.8, 4) is 5.75 Å². The molecule has 0 amide bonds. The minimum absolute atomic E-state index is 0.338. The van der Waals surface area contributed by atoms with Crippen molar-refractivity contribution in [1.82, 2.24) is 15.8 Å². The Kier molecular flexibility index (Phi) is 6.35. The van der Waals surface area contributed by atoms with Crippen LogP contribution < -0.4 is 20.3 Å². The van der Waals surface area contributed by atoms with E-state index in [0.717, 1.165) is 49.9 Å². The van der Waals surface area contributed by atoms with Crippen molar-refractivity contribution in [2.24, 2.45) is 4.99 Å². The topological polar surface area (TPSA) is 74.9 Å². The summed E-state index contributed by atoms with van der Waals surface area (Å²) >= 11 is 0. The Morgan fingerprint density at radius 3 is 3.12 bits per heavy atom. The van der Waals surface area contributed by atoms with Gasteiger partial charge in [0.15, 0.2) is 5.96 Å². The Bertz CT molecular complexity index is 702. The fraction of sp³-hybridized carbons (Fsp3) is 0.474. The first-order valence-corrected chi connectivity index (χ1v) is 9.11. The largest absolute Gasteiger partial charge is 0.497 e. The van der Waals surface area contributed by atoms with Gasteiger partial charge in [-0.3, -0.25) is 0 Å². The van der Waals surface area contributed by atoms with E-state index < -0.39 is 0 Å². The third kappa shape index (κ3) is 4.91. The van der Waals surface area contributed by atoms with E-state index in [1.54, 1.807) is 13.4 Å². The number of hydrogen-bond acceptors (Lipinski definition) is 5. The van der Waals surface area contributed by atoms with Gasteiger partial charge in [-0.1, -0.05) is 11.2 Å². The van der Waals surface area contributed by atoms with Crippen LogP contribution in [-0.4, -0.2) is 43.9 Å². The van der Waals surface area contributed by atoms with Crippen molar-refractivity contribution in [1.29, 1.82) is 0 Å². The van der Waals surface area contributed by atoms with Gasteiger partial charge in [-0.15, -0.1) is 0 Å². The molecule has 1 aliphatic rings. The van der Waals surface area contributed by atoms with E-state index in [9.17, 15) is 0 Å². The average Bonchev–Trinajstić information content (AvgIpc) is 3.20. The number of ether oxygens (including phenoxy) is 1. The number of methoxy groups -OCH3 is 1. The van der Waals surface area contributed by atoms with E-state index in [1.807, 2.05) is 18.2 Å². The Balaban J connectivity index is 1.62. The summed E-state index contributed by atoms with van der Waals surface area (Å²) in [5.41, 5.74) is 2.02. The minimum atomic E-state index is 0.338. The van der Waals surface area contributed by atoms with E-state index >= 15 is 0 Å². The molecule has 1 aliphatic heterocycles. The zero-order chi connectivity index (χ0) is 18.2. The van der Waals surface area contributed by atoms with Gasteiger partial charge in [0.2, 0.25) is 0 Å². The van der Waals surface area contributed by atoms with Crippen molar-refractivity contribution in [2.45, 2.75) is 32.4 Å². The van der Waals surface area contributed by atoms with Crippen LogP contribution in [0.1, 0.15) is 25.5 Å². The lowest BCUT2D eigenvalue weighted by Crippen LogP contribution is -2.51. The molecular formula is C19H27N5O2. The molecule has 1 aromatic heterocycles. The van der Waals surface area contributed by atoms with Gasteiger partial charge in [-0.2, -0.15) is 0 Å².